The molecule has 2 heterocycles. The molecule has 6 aromatic carbocycles. The molecule has 8 rings (SSSR count). The summed E-state index contributed by atoms with van der Waals surface area (Å²) >= 11 is 1.78. The molecule has 0 saturated heterocycles. The predicted octanol–water partition coefficient (Wildman–Crippen LogP) is 10.9. The Morgan fingerprint density at radius 3 is 2.00 bits per heavy atom. The second kappa shape index (κ2) is 9.46. The van der Waals surface area contributed by atoms with E-state index in [1.165, 1.54) is 30.9 Å². The molecule has 0 aliphatic heterocycles. The molecule has 0 N–H and O–H groups in total. The molecule has 0 saturated carbocycles. The van der Waals surface area contributed by atoms with Gasteiger partial charge in [0.2, 0.25) is 0 Å². The van der Waals surface area contributed by atoms with Crippen LogP contribution in [0.5, 0.6) is 0 Å². The van der Waals surface area contributed by atoms with E-state index in [1.54, 1.807) is 11.3 Å². The summed E-state index contributed by atoms with van der Waals surface area (Å²) in [7, 11) is 0. The van der Waals surface area contributed by atoms with Crippen LogP contribution in [-0.4, -0.2) is 4.57 Å². The molecule has 3 nitrogen and oxygen atoms in total. The van der Waals surface area contributed by atoms with Gasteiger partial charge in [0.05, 0.1) is 29.2 Å². The van der Waals surface area contributed by atoms with Crippen molar-refractivity contribution < 1.29 is 0 Å². The first-order chi connectivity index (χ1) is 20.7. The van der Waals surface area contributed by atoms with Crippen molar-refractivity contribution in [1.82, 2.24) is 4.57 Å². The van der Waals surface area contributed by atoms with E-state index >= 15 is 0 Å². The van der Waals surface area contributed by atoms with Crippen LogP contribution in [0.3, 0.4) is 0 Å². The van der Waals surface area contributed by atoms with Crippen molar-refractivity contribution >= 4 is 59.0 Å². The van der Waals surface area contributed by atoms with Gasteiger partial charge in [0.15, 0.2) is 5.69 Å². The number of nitrogens with zero attached hydrogens (tertiary/aromatic N) is 3. The first kappa shape index (κ1) is 24.1. The fourth-order valence-corrected chi connectivity index (χ4v) is 7.38. The average Bonchev–Trinajstić information content (AvgIpc) is 3.60. The summed E-state index contributed by atoms with van der Waals surface area (Å²) < 4.78 is 4.69. The Bertz CT molecular complexity index is 2390. The number of para-hydroxylation sites is 2. The Kier molecular flexibility index (Phi) is 5.44. The third-order valence-corrected chi connectivity index (χ3v) is 9.20. The van der Waals surface area contributed by atoms with Crippen LogP contribution >= 0.6 is 11.3 Å². The molecule has 0 radical (unpaired) electrons. The second-order valence-corrected chi connectivity index (χ2v) is 11.5. The summed E-state index contributed by atoms with van der Waals surface area (Å²) in [6.07, 6.45) is 0. The highest BCUT2D eigenvalue weighted by Crippen LogP contribution is 2.42. The van der Waals surface area contributed by atoms with Crippen LogP contribution in [0.15, 0.2) is 127 Å². The Morgan fingerprint density at radius 1 is 0.619 bits per heavy atom. The van der Waals surface area contributed by atoms with Crippen LogP contribution in [-0.2, 0) is 0 Å². The molecule has 0 aliphatic carbocycles. The molecule has 194 valence electrons. The molecular formula is C38H21N3S. The van der Waals surface area contributed by atoms with Crippen molar-refractivity contribution in [3.63, 3.8) is 0 Å². The van der Waals surface area contributed by atoms with Crippen LogP contribution < -0.4 is 0 Å². The Hall–Kier alpha value is -5.68. The normalized spacial score (nSPS) is 11.3. The van der Waals surface area contributed by atoms with Crippen LogP contribution in [0.1, 0.15) is 5.56 Å². The molecule has 0 bridgehead atoms. The molecule has 0 unspecified atom stereocenters. The summed E-state index contributed by atoms with van der Waals surface area (Å²) in [6.45, 7) is 7.91. The van der Waals surface area contributed by atoms with E-state index in [0.717, 1.165) is 39.0 Å². The molecule has 42 heavy (non-hydrogen) atoms. The van der Waals surface area contributed by atoms with Gasteiger partial charge in [-0.3, -0.25) is 0 Å². The standard InChI is InChI=1S/C38H21N3S/c1-40-28-20-26(21-29(22-28)41-35-14-5-2-9-31(35)32-10-3-6-15-36(32)41)25-17-24(23-39)18-27(19-25)30-12-8-13-34-33-11-4-7-16-37(33)42-38(30)34/h2-22H. The van der Waals surface area contributed by atoms with Gasteiger partial charge < -0.3 is 4.57 Å². The van der Waals surface area contributed by atoms with E-state index in [-0.39, 0.29) is 0 Å². The number of benzene rings is 6. The van der Waals surface area contributed by atoms with E-state index in [0.29, 0.717) is 11.3 Å². The van der Waals surface area contributed by atoms with Gasteiger partial charge in [0.1, 0.15) is 0 Å². The van der Waals surface area contributed by atoms with Gasteiger partial charge in [-0.2, -0.15) is 5.26 Å². The van der Waals surface area contributed by atoms with Crippen LogP contribution in [0.25, 0.3) is 74.8 Å². The zero-order valence-corrected chi connectivity index (χ0v) is 23.2. The van der Waals surface area contributed by atoms with Crippen molar-refractivity contribution in [2.24, 2.45) is 0 Å². The topological polar surface area (TPSA) is 33.1 Å². The number of nitriles is 1. The number of fused-ring (bicyclic) bond motifs is 6. The SMILES string of the molecule is [C-]#[N+]c1cc(-c2cc(C#N)cc(-c3cccc4c3sc3ccccc34)c2)cc(-n2c3ccccc3c3ccccc32)c1. The maximum Gasteiger partial charge on any atom is 0.189 e. The molecule has 8 aromatic rings. The first-order valence-corrected chi connectivity index (χ1v) is 14.5. The molecule has 0 spiro atoms. The molecule has 0 fully saturated rings. The Morgan fingerprint density at radius 2 is 1.26 bits per heavy atom. The Balaban J connectivity index is 1.36. The van der Waals surface area contributed by atoms with E-state index in [9.17, 15) is 5.26 Å². The van der Waals surface area contributed by atoms with Gasteiger partial charge >= 0.3 is 0 Å². The third-order valence-electron chi connectivity index (χ3n) is 7.98. The average molecular weight is 552 g/mol. The summed E-state index contributed by atoms with van der Waals surface area (Å²) in [5.41, 5.74) is 8.17. The number of rotatable bonds is 3. The van der Waals surface area contributed by atoms with E-state index < -0.39 is 0 Å². The van der Waals surface area contributed by atoms with Gasteiger partial charge in [-0.1, -0.05) is 72.8 Å². The largest absolute Gasteiger partial charge is 0.310 e. The fourth-order valence-electron chi connectivity index (χ4n) is 6.14. The molecule has 4 heteroatoms. The van der Waals surface area contributed by atoms with Crippen LogP contribution in [0, 0.1) is 17.9 Å². The van der Waals surface area contributed by atoms with Crippen LogP contribution in [0.2, 0.25) is 0 Å². The van der Waals surface area contributed by atoms with Gasteiger partial charge in [-0.05, 0) is 76.9 Å². The van der Waals surface area contributed by atoms with Crippen molar-refractivity contribution in [3.05, 3.63) is 144 Å². The highest BCUT2D eigenvalue weighted by Gasteiger charge is 2.16. The summed E-state index contributed by atoms with van der Waals surface area (Å²) in [5, 5.41) is 14.9. The van der Waals surface area contributed by atoms with Crippen LogP contribution in [0.4, 0.5) is 5.69 Å². The van der Waals surface area contributed by atoms with Gasteiger partial charge in [-0.15, -0.1) is 11.3 Å². The fraction of sp³-hybridized carbons (Fsp3) is 0. The summed E-state index contributed by atoms with van der Waals surface area (Å²) in [5.74, 6) is 0. The molecule has 0 amide bonds. The Labute approximate surface area is 246 Å². The predicted molar refractivity (Wildman–Crippen MR) is 176 cm³/mol. The summed E-state index contributed by atoms with van der Waals surface area (Å²) in [6, 6.07) is 46.1. The molecule has 0 aliphatic rings. The third kappa shape index (κ3) is 3.71. The lowest BCUT2D eigenvalue weighted by Crippen LogP contribution is -1.95. The lowest BCUT2D eigenvalue weighted by molar-refractivity contribution is 1.18. The smallest absolute Gasteiger partial charge is 0.189 e. The summed E-state index contributed by atoms with van der Waals surface area (Å²) in [4.78, 5) is 3.85. The second-order valence-electron chi connectivity index (χ2n) is 10.4. The van der Waals surface area contributed by atoms with E-state index in [2.05, 4.69) is 119 Å². The number of aromatic nitrogens is 1. The van der Waals surface area contributed by atoms with Crippen molar-refractivity contribution in [2.75, 3.05) is 0 Å². The van der Waals surface area contributed by atoms with Crippen molar-refractivity contribution in [3.8, 4) is 34.0 Å². The zero-order chi connectivity index (χ0) is 28.2. The minimum atomic E-state index is 0.555. The van der Waals surface area contributed by atoms with Gasteiger partial charge in [0, 0.05) is 36.6 Å². The van der Waals surface area contributed by atoms with E-state index in [1.807, 2.05) is 24.3 Å². The highest BCUT2D eigenvalue weighted by molar-refractivity contribution is 7.26. The molecular weight excluding hydrogens is 531 g/mol. The molecule has 0 atom stereocenters. The number of thiophene rings is 1. The van der Waals surface area contributed by atoms with Gasteiger partial charge in [-0.25, -0.2) is 4.85 Å². The maximum absolute atomic E-state index is 10.1. The monoisotopic (exact) mass is 551 g/mol. The molecule has 2 aromatic heterocycles. The van der Waals surface area contributed by atoms with E-state index in [4.69, 9.17) is 6.57 Å². The lowest BCUT2D eigenvalue weighted by atomic mass is 9.95. The number of hydrogen-bond donors (Lipinski definition) is 0. The van der Waals surface area contributed by atoms with Crippen molar-refractivity contribution in [1.29, 1.82) is 5.26 Å². The number of hydrogen-bond acceptors (Lipinski definition) is 2. The highest BCUT2D eigenvalue weighted by atomic mass is 32.1. The zero-order valence-electron chi connectivity index (χ0n) is 22.4. The quantitative estimate of drug-likeness (QED) is 0.201. The maximum atomic E-state index is 10.1. The lowest BCUT2D eigenvalue weighted by Gasteiger charge is -2.13. The van der Waals surface area contributed by atoms with Crippen molar-refractivity contribution in [2.45, 2.75) is 0 Å². The minimum absolute atomic E-state index is 0.555. The van der Waals surface area contributed by atoms with Gasteiger partial charge in [0.25, 0.3) is 0 Å². The first-order valence-electron chi connectivity index (χ1n) is 13.7. The minimum Gasteiger partial charge on any atom is -0.310 e.